The van der Waals surface area contributed by atoms with Gasteiger partial charge in [-0.25, -0.2) is 0 Å². The van der Waals surface area contributed by atoms with E-state index in [1.807, 2.05) is 6.92 Å². The Bertz CT molecular complexity index is 397. The Hall–Kier alpha value is -0.0425. The Morgan fingerprint density at radius 3 is 1.46 bits per heavy atom. The summed E-state index contributed by atoms with van der Waals surface area (Å²) in [5, 5.41) is 3.02. The molecular weight excluding hydrogens is 371 g/mol. The van der Waals surface area contributed by atoms with Gasteiger partial charge in [0.15, 0.2) is 25.0 Å². The summed E-state index contributed by atoms with van der Waals surface area (Å²) in [6, 6.07) is 0. The van der Waals surface area contributed by atoms with Crippen molar-refractivity contribution >= 4 is 39.7 Å². The van der Waals surface area contributed by atoms with Crippen molar-refractivity contribution in [3.63, 3.8) is 0 Å². The highest BCUT2D eigenvalue weighted by Gasteiger charge is 2.55. The van der Waals surface area contributed by atoms with Crippen LogP contribution in [-0.2, 0) is 17.1 Å². The van der Waals surface area contributed by atoms with E-state index >= 15 is 0 Å². The van der Waals surface area contributed by atoms with E-state index in [0.717, 1.165) is 0 Å². The molecule has 0 radical (unpaired) electrons. The Morgan fingerprint density at radius 1 is 0.917 bits per heavy atom. The Morgan fingerprint density at radius 2 is 1.25 bits per heavy atom. The molecule has 1 N–H and O–H groups in total. The maximum absolute atomic E-state index is 12.0. The largest absolute Gasteiger partial charge is 0.493 e. The van der Waals surface area contributed by atoms with Crippen molar-refractivity contribution in [3.8, 4) is 0 Å². The fraction of sp³-hybridized carbons (Fsp3) is 0.800. The first-order chi connectivity index (χ1) is 10.5. The number of carbonyl (C=O) groups excluding carboxylic acids is 1. The van der Waals surface area contributed by atoms with Crippen LogP contribution in [0, 0.1) is 0 Å². The molecule has 0 saturated heterocycles. The first-order valence-corrected chi connectivity index (χ1v) is 20.6. The second kappa shape index (κ2) is 8.56. The van der Waals surface area contributed by atoms with Gasteiger partial charge < -0.3 is 17.7 Å². The summed E-state index contributed by atoms with van der Waals surface area (Å²) in [6.07, 6.45) is 1.99. The Balaban J connectivity index is 6.09. The third kappa shape index (κ3) is 9.44. The van der Waals surface area contributed by atoms with Crippen LogP contribution >= 0.6 is 0 Å². The van der Waals surface area contributed by atoms with Gasteiger partial charge in [0, 0.05) is 0 Å². The van der Waals surface area contributed by atoms with Crippen molar-refractivity contribution in [2.75, 3.05) is 0 Å². The summed E-state index contributed by atoms with van der Waals surface area (Å²) in [7, 11) is -8.96. The lowest BCUT2D eigenvalue weighted by molar-refractivity contribution is -0.117. The second-order valence-corrected chi connectivity index (χ2v) is 25.9. The van der Waals surface area contributed by atoms with Gasteiger partial charge in [-0.2, -0.15) is 0 Å². The lowest BCUT2D eigenvalue weighted by Gasteiger charge is -2.46. The quantitative estimate of drug-likeness (QED) is 0.437. The SMILES string of the molecule is C=CC(=O)NC(CC)[Si](O[Si](C)(C)C)(O[Si](C)(C)C)O[Si](C)(C)C. The fourth-order valence-corrected chi connectivity index (χ4v) is 16.6. The average Bonchev–Trinajstić information content (AvgIpc) is 2.28. The van der Waals surface area contributed by atoms with E-state index in [1.54, 1.807) is 0 Å². The number of rotatable bonds is 10. The molecule has 0 bridgehead atoms. The van der Waals surface area contributed by atoms with Gasteiger partial charge in [0.25, 0.3) is 0 Å². The van der Waals surface area contributed by atoms with Crippen molar-refractivity contribution in [1.29, 1.82) is 0 Å². The minimum atomic E-state index is -3.10. The van der Waals surface area contributed by atoms with Gasteiger partial charge in [-0.15, -0.1) is 0 Å². The molecule has 24 heavy (non-hydrogen) atoms. The predicted molar refractivity (Wildman–Crippen MR) is 111 cm³/mol. The number of nitrogens with one attached hydrogen (secondary N) is 1. The number of carbonyl (C=O) groups is 1. The van der Waals surface area contributed by atoms with Gasteiger partial charge in [0.2, 0.25) is 5.91 Å². The molecule has 0 spiro atoms. The maximum Gasteiger partial charge on any atom is 0.493 e. The minimum absolute atomic E-state index is 0.212. The molecule has 1 atom stereocenters. The molecule has 0 heterocycles. The highest BCUT2D eigenvalue weighted by Crippen LogP contribution is 2.29. The van der Waals surface area contributed by atoms with Crippen molar-refractivity contribution < 1.29 is 17.1 Å². The van der Waals surface area contributed by atoms with Crippen molar-refractivity contribution in [1.82, 2.24) is 5.32 Å². The molecule has 1 unspecified atom stereocenters. The summed E-state index contributed by atoms with van der Waals surface area (Å²) >= 11 is 0. The minimum Gasteiger partial charge on any atom is -0.416 e. The standard InChI is InChI=1S/C15H37NO4Si4/c1-12-14(17)16-15(13-2)24(18-21(3,4)5,19-22(6,7)8)20-23(9,10)11/h12,15H,1,13H2,2-11H3,(H,16,17). The molecule has 0 aromatic carbocycles. The summed E-state index contributed by atoms with van der Waals surface area (Å²) < 4.78 is 19.9. The van der Waals surface area contributed by atoms with Crippen LogP contribution in [-0.4, -0.2) is 45.3 Å². The zero-order valence-electron chi connectivity index (χ0n) is 17.2. The second-order valence-electron chi connectivity index (χ2n) is 8.92. The third-order valence-electron chi connectivity index (χ3n) is 2.68. The highest BCUT2D eigenvalue weighted by atomic mass is 28.5. The molecule has 0 aliphatic heterocycles. The molecule has 5 nitrogen and oxygen atoms in total. The van der Waals surface area contributed by atoms with Gasteiger partial charge in [0.05, 0.1) is 5.67 Å². The van der Waals surface area contributed by atoms with E-state index in [0.29, 0.717) is 6.42 Å². The van der Waals surface area contributed by atoms with Crippen LogP contribution in [0.3, 0.4) is 0 Å². The zero-order chi connectivity index (χ0) is 19.4. The van der Waals surface area contributed by atoms with Crippen molar-refractivity contribution in [2.24, 2.45) is 0 Å². The molecule has 0 aromatic heterocycles. The van der Waals surface area contributed by atoms with Crippen LogP contribution in [0.25, 0.3) is 0 Å². The van der Waals surface area contributed by atoms with E-state index < -0.39 is 33.8 Å². The lowest BCUT2D eigenvalue weighted by atomic mass is 10.4. The number of amides is 1. The molecule has 142 valence electrons. The third-order valence-corrected chi connectivity index (χ3v) is 14.9. The summed E-state index contributed by atoms with van der Waals surface area (Å²) in [6.45, 7) is 24.8. The monoisotopic (exact) mass is 407 g/mol. The maximum atomic E-state index is 12.0. The summed E-state index contributed by atoms with van der Waals surface area (Å²) in [4.78, 5) is 12.0. The van der Waals surface area contributed by atoms with Crippen LogP contribution in [0.1, 0.15) is 13.3 Å². The number of hydrogen-bond acceptors (Lipinski definition) is 4. The van der Waals surface area contributed by atoms with Gasteiger partial charge in [-0.3, -0.25) is 4.79 Å². The van der Waals surface area contributed by atoms with Crippen LogP contribution in [0.4, 0.5) is 0 Å². The smallest absolute Gasteiger partial charge is 0.416 e. The van der Waals surface area contributed by atoms with E-state index in [4.69, 9.17) is 12.3 Å². The molecule has 0 rings (SSSR count). The van der Waals surface area contributed by atoms with E-state index in [1.165, 1.54) is 6.08 Å². The first kappa shape index (κ1) is 24.0. The van der Waals surface area contributed by atoms with Crippen LogP contribution in [0.15, 0.2) is 12.7 Å². The highest BCUT2D eigenvalue weighted by molar-refractivity contribution is 6.90. The molecular formula is C15H37NO4Si4. The molecule has 0 aromatic rings. The molecule has 1 amide bonds. The van der Waals surface area contributed by atoms with Crippen molar-refractivity contribution in [2.45, 2.75) is 77.9 Å². The van der Waals surface area contributed by atoms with Crippen molar-refractivity contribution in [3.05, 3.63) is 12.7 Å². The van der Waals surface area contributed by atoms with E-state index in [2.05, 4.69) is 70.8 Å². The van der Waals surface area contributed by atoms with Gasteiger partial charge in [-0.05, 0) is 71.4 Å². The van der Waals surface area contributed by atoms with Crippen LogP contribution < -0.4 is 5.32 Å². The molecule has 0 saturated carbocycles. The molecule has 9 heteroatoms. The van der Waals surface area contributed by atoms with Crippen LogP contribution in [0.2, 0.25) is 58.9 Å². The van der Waals surface area contributed by atoms with Gasteiger partial charge in [0.1, 0.15) is 0 Å². The van der Waals surface area contributed by atoms with Gasteiger partial charge in [-0.1, -0.05) is 13.5 Å². The topological polar surface area (TPSA) is 56.8 Å². The average molecular weight is 408 g/mol. The Labute approximate surface area is 152 Å². The lowest BCUT2D eigenvalue weighted by Crippen LogP contribution is -2.70. The van der Waals surface area contributed by atoms with Crippen LogP contribution in [0.5, 0.6) is 0 Å². The normalized spacial score (nSPS) is 15.1. The molecule has 0 fully saturated rings. The van der Waals surface area contributed by atoms with E-state index in [9.17, 15) is 4.79 Å². The predicted octanol–water partition coefficient (Wildman–Crippen LogP) is 4.10. The summed E-state index contributed by atoms with van der Waals surface area (Å²) in [5.41, 5.74) is -0.256. The first-order valence-electron chi connectivity index (χ1n) is 8.57. The summed E-state index contributed by atoms with van der Waals surface area (Å²) in [5.74, 6) is -0.212. The molecule has 0 aliphatic carbocycles. The fourth-order valence-electron chi connectivity index (χ4n) is 2.23. The zero-order valence-corrected chi connectivity index (χ0v) is 21.2. The number of hydrogen-bond donors (Lipinski definition) is 1. The van der Waals surface area contributed by atoms with Gasteiger partial charge >= 0.3 is 8.80 Å². The molecule has 0 aliphatic rings. The van der Waals surface area contributed by atoms with E-state index in [-0.39, 0.29) is 11.6 Å². The Kier molecular flexibility index (Phi) is 8.55.